The maximum absolute atomic E-state index is 11.8. The third kappa shape index (κ3) is 5.30. The van der Waals surface area contributed by atoms with E-state index in [1.54, 1.807) is 6.07 Å². The molecule has 1 aromatic carbocycles. The molecule has 0 unspecified atom stereocenters. The molecule has 22 heavy (non-hydrogen) atoms. The first-order chi connectivity index (χ1) is 10.7. The van der Waals surface area contributed by atoms with E-state index >= 15 is 0 Å². The number of nitrogens with zero attached hydrogens (tertiary/aromatic N) is 1. The van der Waals surface area contributed by atoms with E-state index in [1.165, 1.54) is 11.1 Å². The Morgan fingerprint density at radius 1 is 1.09 bits per heavy atom. The minimum atomic E-state index is -0.0214. The Bertz CT molecular complexity index is 608. The van der Waals surface area contributed by atoms with E-state index in [1.807, 2.05) is 19.1 Å². The van der Waals surface area contributed by atoms with Crippen molar-refractivity contribution >= 4 is 11.7 Å². The van der Waals surface area contributed by atoms with Crippen LogP contribution in [0.4, 0.5) is 5.82 Å². The van der Waals surface area contributed by atoms with E-state index in [0.717, 1.165) is 18.7 Å². The Hall–Kier alpha value is -2.20. The molecular formula is C18H23N3O. The van der Waals surface area contributed by atoms with Gasteiger partial charge in [0.15, 0.2) is 0 Å². The highest BCUT2D eigenvalue weighted by Crippen LogP contribution is 2.05. The topological polar surface area (TPSA) is 54.0 Å². The average molecular weight is 297 g/mol. The maximum atomic E-state index is 11.8. The smallest absolute Gasteiger partial charge is 0.226 e. The predicted molar refractivity (Wildman–Crippen MR) is 89.7 cm³/mol. The fourth-order valence-corrected chi connectivity index (χ4v) is 2.15. The van der Waals surface area contributed by atoms with Crippen LogP contribution < -0.4 is 10.6 Å². The number of aryl methyl sites for hydroxylation is 2. The molecule has 2 rings (SSSR count). The second-order valence-corrected chi connectivity index (χ2v) is 5.31. The van der Waals surface area contributed by atoms with Crippen molar-refractivity contribution in [2.45, 2.75) is 33.2 Å². The first-order valence-corrected chi connectivity index (χ1v) is 7.69. The molecule has 0 saturated heterocycles. The zero-order valence-electron chi connectivity index (χ0n) is 13.2. The van der Waals surface area contributed by atoms with Crippen molar-refractivity contribution in [2.75, 3.05) is 11.9 Å². The summed E-state index contributed by atoms with van der Waals surface area (Å²) < 4.78 is 0. The van der Waals surface area contributed by atoms with Crippen molar-refractivity contribution in [3.63, 3.8) is 0 Å². The molecule has 116 valence electrons. The van der Waals surface area contributed by atoms with Crippen LogP contribution in [-0.4, -0.2) is 17.4 Å². The van der Waals surface area contributed by atoms with Gasteiger partial charge in [0, 0.05) is 25.2 Å². The van der Waals surface area contributed by atoms with Gasteiger partial charge in [-0.2, -0.15) is 0 Å². The number of carbonyl (C=O) groups is 1. The summed E-state index contributed by atoms with van der Waals surface area (Å²) in [5.41, 5.74) is 3.47. The van der Waals surface area contributed by atoms with Gasteiger partial charge in [0.2, 0.25) is 5.91 Å². The number of hydrogen-bond donors (Lipinski definition) is 2. The number of amides is 1. The van der Waals surface area contributed by atoms with Gasteiger partial charge >= 0.3 is 0 Å². The van der Waals surface area contributed by atoms with E-state index < -0.39 is 0 Å². The molecule has 0 aliphatic heterocycles. The van der Waals surface area contributed by atoms with Gasteiger partial charge in [-0.05, 0) is 36.6 Å². The SMILES string of the molecule is CCc1ccc(CNCCC(=O)Nc2cccc(C)n2)cc1. The molecule has 0 fully saturated rings. The third-order valence-corrected chi connectivity index (χ3v) is 3.44. The summed E-state index contributed by atoms with van der Waals surface area (Å²) in [6, 6.07) is 14.1. The van der Waals surface area contributed by atoms with Crippen LogP contribution in [0.1, 0.15) is 30.2 Å². The van der Waals surface area contributed by atoms with Crippen molar-refractivity contribution in [3.8, 4) is 0 Å². The normalized spacial score (nSPS) is 10.5. The fourth-order valence-electron chi connectivity index (χ4n) is 2.15. The van der Waals surface area contributed by atoms with E-state index in [2.05, 4.69) is 46.8 Å². The van der Waals surface area contributed by atoms with Gasteiger partial charge in [-0.3, -0.25) is 4.79 Å². The van der Waals surface area contributed by atoms with Gasteiger partial charge in [0.1, 0.15) is 5.82 Å². The number of anilines is 1. The van der Waals surface area contributed by atoms with Crippen molar-refractivity contribution in [3.05, 3.63) is 59.3 Å². The first kappa shape index (κ1) is 16.2. The summed E-state index contributed by atoms with van der Waals surface area (Å²) in [4.78, 5) is 16.1. The van der Waals surface area contributed by atoms with Crippen molar-refractivity contribution in [2.24, 2.45) is 0 Å². The van der Waals surface area contributed by atoms with Gasteiger partial charge < -0.3 is 10.6 Å². The summed E-state index contributed by atoms with van der Waals surface area (Å²) in [5, 5.41) is 6.09. The van der Waals surface area contributed by atoms with Crippen LogP contribution in [0.15, 0.2) is 42.5 Å². The van der Waals surface area contributed by atoms with E-state index in [0.29, 0.717) is 18.8 Å². The molecule has 1 amide bonds. The number of rotatable bonds is 7. The summed E-state index contributed by atoms with van der Waals surface area (Å²) in [5.74, 6) is 0.590. The summed E-state index contributed by atoms with van der Waals surface area (Å²) in [6.07, 6.45) is 1.49. The molecule has 1 aromatic heterocycles. The van der Waals surface area contributed by atoms with Gasteiger partial charge in [0.25, 0.3) is 0 Å². The van der Waals surface area contributed by atoms with Crippen LogP contribution in [0, 0.1) is 6.92 Å². The van der Waals surface area contributed by atoms with E-state index in [9.17, 15) is 4.79 Å². The molecule has 2 aromatic rings. The number of aromatic nitrogens is 1. The lowest BCUT2D eigenvalue weighted by molar-refractivity contribution is -0.116. The second kappa shape index (κ2) is 8.29. The monoisotopic (exact) mass is 297 g/mol. The summed E-state index contributed by atoms with van der Waals surface area (Å²) in [6.45, 7) is 5.48. The number of nitrogens with one attached hydrogen (secondary N) is 2. The van der Waals surface area contributed by atoms with Gasteiger partial charge in [-0.25, -0.2) is 4.98 Å². The molecule has 2 N–H and O–H groups in total. The van der Waals surface area contributed by atoms with Crippen LogP contribution >= 0.6 is 0 Å². The standard InChI is InChI=1S/C18H23N3O/c1-3-15-7-9-16(10-8-15)13-19-12-11-18(22)21-17-6-4-5-14(2)20-17/h4-10,19H,3,11-13H2,1-2H3,(H,20,21,22). The minimum absolute atomic E-state index is 0.0214. The highest BCUT2D eigenvalue weighted by atomic mass is 16.1. The minimum Gasteiger partial charge on any atom is -0.312 e. The molecule has 0 atom stereocenters. The van der Waals surface area contributed by atoms with Crippen molar-refractivity contribution < 1.29 is 4.79 Å². The Morgan fingerprint density at radius 2 is 1.82 bits per heavy atom. The van der Waals surface area contributed by atoms with Crippen LogP contribution in [-0.2, 0) is 17.8 Å². The Labute approximate surface area is 132 Å². The number of carbonyl (C=O) groups excluding carboxylic acids is 1. The third-order valence-electron chi connectivity index (χ3n) is 3.44. The zero-order valence-corrected chi connectivity index (χ0v) is 13.2. The lowest BCUT2D eigenvalue weighted by Gasteiger charge is -2.07. The van der Waals surface area contributed by atoms with Crippen LogP contribution in [0.25, 0.3) is 0 Å². The van der Waals surface area contributed by atoms with Gasteiger partial charge in [0.05, 0.1) is 0 Å². The predicted octanol–water partition coefficient (Wildman–Crippen LogP) is 3.07. The van der Waals surface area contributed by atoms with Crippen LogP contribution in [0.2, 0.25) is 0 Å². The van der Waals surface area contributed by atoms with E-state index in [4.69, 9.17) is 0 Å². The molecule has 4 heteroatoms. The van der Waals surface area contributed by atoms with E-state index in [-0.39, 0.29) is 5.91 Å². The highest BCUT2D eigenvalue weighted by Gasteiger charge is 2.03. The Kier molecular flexibility index (Phi) is 6.10. The molecule has 1 heterocycles. The quantitative estimate of drug-likeness (QED) is 0.772. The molecule has 0 bridgehead atoms. The maximum Gasteiger partial charge on any atom is 0.226 e. The number of hydrogen-bond acceptors (Lipinski definition) is 3. The van der Waals surface area contributed by atoms with Crippen molar-refractivity contribution in [1.29, 1.82) is 0 Å². The highest BCUT2D eigenvalue weighted by molar-refractivity contribution is 5.89. The lowest BCUT2D eigenvalue weighted by Crippen LogP contribution is -2.21. The molecule has 0 spiro atoms. The van der Waals surface area contributed by atoms with Crippen molar-refractivity contribution in [1.82, 2.24) is 10.3 Å². The Balaban J connectivity index is 1.68. The summed E-state index contributed by atoms with van der Waals surface area (Å²) in [7, 11) is 0. The first-order valence-electron chi connectivity index (χ1n) is 7.69. The van der Waals surface area contributed by atoms with Crippen LogP contribution in [0.3, 0.4) is 0 Å². The molecule has 0 saturated carbocycles. The lowest BCUT2D eigenvalue weighted by atomic mass is 10.1. The average Bonchev–Trinajstić information content (AvgIpc) is 2.52. The molecular weight excluding hydrogens is 274 g/mol. The van der Waals surface area contributed by atoms with Gasteiger partial charge in [-0.1, -0.05) is 37.3 Å². The largest absolute Gasteiger partial charge is 0.312 e. The number of benzene rings is 1. The fraction of sp³-hybridized carbons (Fsp3) is 0.333. The molecule has 0 radical (unpaired) electrons. The molecule has 0 aliphatic rings. The second-order valence-electron chi connectivity index (χ2n) is 5.31. The molecule has 4 nitrogen and oxygen atoms in total. The van der Waals surface area contributed by atoms with Crippen LogP contribution in [0.5, 0.6) is 0 Å². The van der Waals surface area contributed by atoms with Gasteiger partial charge in [-0.15, -0.1) is 0 Å². The zero-order chi connectivity index (χ0) is 15.8. The summed E-state index contributed by atoms with van der Waals surface area (Å²) >= 11 is 0. The Morgan fingerprint density at radius 3 is 2.50 bits per heavy atom. The number of pyridine rings is 1. The molecule has 0 aliphatic carbocycles.